The van der Waals surface area contributed by atoms with Gasteiger partial charge < -0.3 is 25.0 Å². The molecule has 0 amide bonds. The van der Waals surface area contributed by atoms with E-state index in [0.29, 0.717) is 10.0 Å². The fourth-order valence-electron chi connectivity index (χ4n) is 8.45. The Bertz CT molecular complexity index is 2090. The minimum absolute atomic E-state index is 0.707. The number of methoxy groups -OCH3 is 2. The molecule has 0 fully saturated rings. The molecule has 322 valence electrons. The molecule has 0 aliphatic heterocycles. The molecule has 9 heteroatoms. The van der Waals surface area contributed by atoms with Crippen molar-refractivity contribution in [1.82, 2.24) is 14.9 Å². The molecular weight excluding hydrogens is 785 g/mol. The van der Waals surface area contributed by atoms with Gasteiger partial charge in [0.15, 0.2) is 0 Å². The predicted molar refractivity (Wildman–Crippen MR) is 259 cm³/mol. The van der Waals surface area contributed by atoms with Crippen LogP contribution in [0.2, 0.25) is 10.0 Å². The molecule has 4 aromatic carbocycles. The lowest BCUT2D eigenvalue weighted by Gasteiger charge is -2.16. The number of fused-ring (bicyclic) bond motifs is 4. The number of nitrogens with one attached hydrogen (secondary N) is 2. The average Bonchev–Trinajstić information content (AvgIpc) is 3.25. The van der Waals surface area contributed by atoms with Gasteiger partial charge in [0.25, 0.3) is 0 Å². The Morgan fingerprint density at radius 2 is 0.800 bits per heavy atom. The minimum Gasteiger partial charge on any atom is -0.497 e. The SMILES string of the molecule is COc1ccc2nc3cc(Cl)ccc3c(NCCCCCCCCCCCN(C)CCCCCCCCCCCNc3c4ccc(Cl)cc4nc4ccc(OC)cc34)c2c1. The van der Waals surface area contributed by atoms with E-state index in [1.54, 1.807) is 14.2 Å². The Morgan fingerprint density at radius 1 is 0.433 bits per heavy atom. The van der Waals surface area contributed by atoms with Crippen molar-refractivity contribution in [3.05, 3.63) is 82.8 Å². The van der Waals surface area contributed by atoms with E-state index in [2.05, 4.69) is 46.8 Å². The van der Waals surface area contributed by atoms with Gasteiger partial charge >= 0.3 is 0 Å². The van der Waals surface area contributed by atoms with Crippen LogP contribution in [-0.2, 0) is 0 Å². The monoisotopic (exact) mass is 851 g/mol. The lowest BCUT2D eigenvalue weighted by atomic mass is 10.1. The third kappa shape index (κ3) is 13.5. The molecule has 0 aliphatic carbocycles. The van der Waals surface area contributed by atoms with E-state index in [0.717, 1.165) is 92.4 Å². The van der Waals surface area contributed by atoms with Gasteiger partial charge in [0.05, 0.1) is 47.7 Å². The molecule has 2 N–H and O–H groups in total. The van der Waals surface area contributed by atoms with Crippen LogP contribution in [0.25, 0.3) is 43.6 Å². The highest BCUT2D eigenvalue weighted by Crippen LogP contribution is 2.36. The van der Waals surface area contributed by atoms with Gasteiger partial charge in [-0.3, -0.25) is 0 Å². The number of unbranched alkanes of at least 4 members (excludes halogenated alkanes) is 16. The van der Waals surface area contributed by atoms with Crippen LogP contribution in [0.1, 0.15) is 116 Å². The first-order valence-electron chi connectivity index (χ1n) is 22.7. The van der Waals surface area contributed by atoms with Gasteiger partial charge in [0.2, 0.25) is 0 Å². The molecule has 6 rings (SSSR count). The highest BCUT2D eigenvalue weighted by molar-refractivity contribution is 6.32. The number of ether oxygens (including phenoxy) is 2. The van der Waals surface area contributed by atoms with Crippen molar-refractivity contribution in [3.63, 3.8) is 0 Å². The van der Waals surface area contributed by atoms with Gasteiger partial charge in [0, 0.05) is 44.7 Å². The molecule has 0 spiro atoms. The number of benzene rings is 4. The number of hydrogen-bond acceptors (Lipinski definition) is 7. The van der Waals surface area contributed by atoms with E-state index in [-0.39, 0.29) is 0 Å². The van der Waals surface area contributed by atoms with E-state index >= 15 is 0 Å². The summed E-state index contributed by atoms with van der Waals surface area (Å²) >= 11 is 12.6. The summed E-state index contributed by atoms with van der Waals surface area (Å²) < 4.78 is 11.0. The second kappa shape index (κ2) is 24.4. The number of hydrogen-bond donors (Lipinski definition) is 2. The second-order valence-corrected chi connectivity index (χ2v) is 17.5. The molecule has 0 radical (unpaired) electrons. The van der Waals surface area contributed by atoms with Gasteiger partial charge in [-0.25, -0.2) is 9.97 Å². The van der Waals surface area contributed by atoms with E-state index < -0.39 is 0 Å². The lowest BCUT2D eigenvalue weighted by Crippen LogP contribution is -2.20. The Kier molecular flexibility index (Phi) is 18.5. The molecule has 7 nitrogen and oxygen atoms in total. The Balaban J connectivity index is 0.728. The van der Waals surface area contributed by atoms with Crippen LogP contribution in [0, 0.1) is 0 Å². The average molecular weight is 853 g/mol. The molecule has 0 saturated carbocycles. The van der Waals surface area contributed by atoms with Crippen LogP contribution in [0.5, 0.6) is 11.5 Å². The standard InChI is InChI=1S/C51H67Cl2N5O2/c1-58(32-20-16-12-8-4-6-10-14-18-30-54-50-42-26-22-38(52)34-48(42)56-46-28-24-40(59-2)36-44(46)50)33-21-17-13-9-5-7-11-15-19-31-55-51-43-27-23-39(53)35-49(43)57-47-29-25-41(60-3)37-45(47)51/h22-29,34-37H,4-21,30-33H2,1-3H3,(H,54,56)(H,55,57). The Morgan fingerprint density at radius 3 is 1.18 bits per heavy atom. The summed E-state index contributed by atoms with van der Waals surface area (Å²) in [5.74, 6) is 1.68. The first-order valence-corrected chi connectivity index (χ1v) is 23.5. The van der Waals surface area contributed by atoms with E-state index in [1.165, 1.54) is 116 Å². The molecule has 0 atom stereocenters. The van der Waals surface area contributed by atoms with Gasteiger partial charge in [-0.15, -0.1) is 0 Å². The van der Waals surface area contributed by atoms with Gasteiger partial charge in [-0.1, -0.05) is 113 Å². The zero-order chi connectivity index (χ0) is 41.9. The van der Waals surface area contributed by atoms with Crippen LogP contribution in [0.15, 0.2) is 72.8 Å². The minimum atomic E-state index is 0.707. The lowest BCUT2D eigenvalue weighted by molar-refractivity contribution is 0.314. The molecular formula is C51H67Cl2N5O2. The number of aromatic nitrogens is 2. The first-order chi connectivity index (χ1) is 29.4. The van der Waals surface area contributed by atoms with Crippen molar-refractivity contribution in [2.75, 3.05) is 58.1 Å². The summed E-state index contributed by atoms with van der Waals surface area (Å²) in [5, 5.41) is 13.2. The highest BCUT2D eigenvalue weighted by atomic mass is 35.5. The van der Waals surface area contributed by atoms with Gasteiger partial charge in [0.1, 0.15) is 11.5 Å². The summed E-state index contributed by atoms with van der Waals surface area (Å²) in [7, 11) is 5.72. The van der Waals surface area contributed by atoms with Crippen molar-refractivity contribution in [2.24, 2.45) is 0 Å². The highest BCUT2D eigenvalue weighted by Gasteiger charge is 2.13. The normalized spacial score (nSPS) is 11.7. The molecule has 2 heterocycles. The number of rotatable bonds is 28. The van der Waals surface area contributed by atoms with Crippen molar-refractivity contribution < 1.29 is 9.47 Å². The maximum atomic E-state index is 6.30. The van der Waals surface area contributed by atoms with Gasteiger partial charge in [-0.2, -0.15) is 0 Å². The van der Waals surface area contributed by atoms with Crippen LogP contribution in [0.3, 0.4) is 0 Å². The molecule has 0 unspecified atom stereocenters. The number of pyridine rings is 2. The summed E-state index contributed by atoms with van der Waals surface area (Å²) in [4.78, 5) is 12.3. The summed E-state index contributed by atoms with van der Waals surface area (Å²) in [5.41, 5.74) is 5.97. The van der Waals surface area contributed by atoms with Crippen molar-refractivity contribution in [3.8, 4) is 11.5 Å². The summed E-state index contributed by atoms with van der Waals surface area (Å²) in [6.45, 7) is 4.36. The van der Waals surface area contributed by atoms with E-state index in [4.69, 9.17) is 42.6 Å². The molecule has 0 aliphatic rings. The fraction of sp³-hybridized carbons (Fsp3) is 0.490. The number of anilines is 2. The van der Waals surface area contributed by atoms with E-state index in [1.807, 2.05) is 48.5 Å². The topological polar surface area (TPSA) is 71.5 Å². The third-order valence-corrected chi connectivity index (χ3v) is 12.4. The van der Waals surface area contributed by atoms with Crippen molar-refractivity contribution >= 4 is 78.2 Å². The van der Waals surface area contributed by atoms with Crippen LogP contribution in [0.4, 0.5) is 11.4 Å². The van der Waals surface area contributed by atoms with Crippen molar-refractivity contribution in [1.29, 1.82) is 0 Å². The van der Waals surface area contributed by atoms with Crippen molar-refractivity contribution in [2.45, 2.75) is 116 Å². The third-order valence-electron chi connectivity index (χ3n) is 11.9. The van der Waals surface area contributed by atoms with E-state index in [9.17, 15) is 0 Å². The quantitative estimate of drug-likeness (QED) is 0.0376. The zero-order valence-corrected chi connectivity index (χ0v) is 37.9. The first kappa shape index (κ1) is 45.5. The Hall–Kier alpha value is -4.04. The maximum absolute atomic E-state index is 6.30. The van der Waals surface area contributed by atoms with Crippen LogP contribution >= 0.6 is 23.2 Å². The molecule has 60 heavy (non-hydrogen) atoms. The summed E-state index contributed by atoms with van der Waals surface area (Å²) in [6.07, 6.45) is 23.7. The molecule has 2 aromatic heterocycles. The smallest absolute Gasteiger partial charge is 0.119 e. The molecule has 0 saturated heterocycles. The molecule has 0 bridgehead atoms. The fourth-order valence-corrected chi connectivity index (χ4v) is 8.79. The molecule has 6 aromatic rings. The van der Waals surface area contributed by atoms with Crippen LogP contribution in [-0.4, -0.2) is 62.3 Å². The zero-order valence-electron chi connectivity index (χ0n) is 36.4. The number of halogens is 2. The summed E-state index contributed by atoms with van der Waals surface area (Å²) in [6, 6.07) is 24.0. The predicted octanol–water partition coefficient (Wildman–Crippen LogP) is 14.9. The van der Waals surface area contributed by atoms with Crippen LogP contribution < -0.4 is 20.1 Å². The van der Waals surface area contributed by atoms with Gasteiger partial charge in [-0.05, 0) is 119 Å². The Labute approximate surface area is 368 Å². The largest absolute Gasteiger partial charge is 0.497 e. The number of nitrogens with zero attached hydrogens (tertiary/aromatic N) is 3. The second-order valence-electron chi connectivity index (χ2n) is 16.6. The maximum Gasteiger partial charge on any atom is 0.119 e.